The Balaban J connectivity index is 0.000000452. The fraction of sp³-hybridized carbons (Fsp3) is 0.395. The van der Waals surface area contributed by atoms with Crippen LogP contribution < -0.4 is 26.0 Å². The fourth-order valence-electron chi connectivity index (χ4n) is 5.86. The molecule has 1 saturated heterocycles. The number of ether oxygens (including phenoxy) is 3. The van der Waals surface area contributed by atoms with Gasteiger partial charge < -0.3 is 35.5 Å². The molecule has 5 amide bonds. The first-order valence-corrected chi connectivity index (χ1v) is 17.1. The second-order valence-electron chi connectivity index (χ2n) is 12.4. The Morgan fingerprint density at radius 3 is 2.41 bits per heavy atom. The van der Waals surface area contributed by atoms with Crippen LogP contribution in [0.5, 0.6) is 5.75 Å². The third-order valence-electron chi connectivity index (χ3n) is 8.71. The number of para-hydroxylation sites is 1. The van der Waals surface area contributed by atoms with Crippen LogP contribution in [-0.2, 0) is 37.0 Å². The summed E-state index contributed by atoms with van der Waals surface area (Å²) in [4.78, 5) is 65.3. The van der Waals surface area contributed by atoms with Crippen molar-refractivity contribution in [1.82, 2.24) is 15.5 Å². The van der Waals surface area contributed by atoms with Crippen LogP contribution in [0, 0.1) is 12.8 Å². The molecular formula is C38H47N5O8. The van der Waals surface area contributed by atoms with E-state index in [4.69, 9.17) is 15.2 Å². The molecule has 51 heavy (non-hydrogen) atoms. The molecule has 1 fully saturated rings. The van der Waals surface area contributed by atoms with Crippen LogP contribution in [0.25, 0.3) is 0 Å². The SMILES string of the molecule is COC(=O)N(CC1NC(=O)CCC(=O)N2CCCC(CCOc3ccc(C)c(c3)CNC1=O)C2)c1ccccc1.NC(=O)OCc1ccccc1. The molecule has 2 atom stereocenters. The molecule has 0 spiro atoms. The predicted molar refractivity (Wildman–Crippen MR) is 191 cm³/mol. The molecule has 272 valence electrons. The van der Waals surface area contributed by atoms with Crippen LogP contribution in [-0.4, -0.2) is 74.2 Å². The van der Waals surface area contributed by atoms with Gasteiger partial charge >= 0.3 is 12.2 Å². The summed E-state index contributed by atoms with van der Waals surface area (Å²) in [6.07, 6.45) is 1.38. The number of anilines is 1. The van der Waals surface area contributed by atoms with Gasteiger partial charge in [-0.05, 0) is 73.1 Å². The maximum Gasteiger partial charge on any atom is 0.414 e. The van der Waals surface area contributed by atoms with E-state index in [1.165, 1.54) is 12.0 Å². The Hall–Kier alpha value is -5.59. The van der Waals surface area contributed by atoms with E-state index in [1.54, 1.807) is 24.3 Å². The van der Waals surface area contributed by atoms with Crippen molar-refractivity contribution in [3.63, 3.8) is 0 Å². The van der Waals surface area contributed by atoms with E-state index >= 15 is 0 Å². The Kier molecular flexibility index (Phi) is 14.7. The highest BCUT2D eigenvalue weighted by molar-refractivity contribution is 5.93. The van der Waals surface area contributed by atoms with Crippen LogP contribution in [0.2, 0.25) is 0 Å². The largest absolute Gasteiger partial charge is 0.494 e. The van der Waals surface area contributed by atoms with Crippen molar-refractivity contribution in [3.8, 4) is 5.75 Å². The van der Waals surface area contributed by atoms with Crippen LogP contribution in [0.3, 0.4) is 0 Å². The first kappa shape index (κ1) is 38.2. The van der Waals surface area contributed by atoms with Gasteiger partial charge in [0.2, 0.25) is 17.7 Å². The third kappa shape index (κ3) is 12.4. The van der Waals surface area contributed by atoms with Crippen LogP contribution in [0.15, 0.2) is 78.9 Å². The standard InChI is InChI=1S/C30H38N4O6.C8H9NO2/c1-21-10-11-25-17-23(21)18-31-29(37)26(20-34(30(38)39-2)24-8-4-3-5-9-24)32-27(35)12-13-28(36)33-15-6-7-22(19-33)14-16-40-25;9-8(10)11-6-7-4-2-1-3-5-7/h3-5,8-11,17,22,26H,6-7,12-16,18-20H2,1-2H3,(H,31,37)(H,32,35);1-5H,6H2,(H2,9,10). The Morgan fingerprint density at radius 1 is 0.980 bits per heavy atom. The van der Waals surface area contributed by atoms with Crippen molar-refractivity contribution in [2.24, 2.45) is 11.7 Å². The number of primary amides is 1. The van der Waals surface area contributed by atoms with Gasteiger partial charge in [0, 0.05) is 38.2 Å². The Bertz CT molecular complexity index is 1620. The van der Waals surface area contributed by atoms with Gasteiger partial charge in [-0.15, -0.1) is 0 Å². The van der Waals surface area contributed by atoms with Gasteiger partial charge in [0.1, 0.15) is 18.4 Å². The van der Waals surface area contributed by atoms with Crippen molar-refractivity contribution in [3.05, 3.63) is 95.6 Å². The van der Waals surface area contributed by atoms with Gasteiger partial charge in [-0.1, -0.05) is 54.6 Å². The number of nitrogens with two attached hydrogens (primary N) is 1. The van der Waals surface area contributed by atoms with Gasteiger partial charge in [0.25, 0.3) is 0 Å². The van der Waals surface area contributed by atoms with E-state index in [9.17, 15) is 24.0 Å². The molecule has 2 unspecified atom stereocenters. The van der Waals surface area contributed by atoms with E-state index in [-0.39, 0.29) is 38.4 Å². The average molecular weight is 702 g/mol. The maximum absolute atomic E-state index is 13.4. The topological polar surface area (TPSA) is 170 Å². The quantitative estimate of drug-likeness (QED) is 0.351. The number of benzene rings is 3. The molecule has 0 saturated carbocycles. The molecule has 0 radical (unpaired) electrons. The van der Waals surface area contributed by atoms with Crippen molar-refractivity contribution in [1.29, 1.82) is 0 Å². The number of nitrogens with zero attached hydrogens (tertiary/aromatic N) is 2. The summed E-state index contributed by atoms with van der Waals surface area (Å²) in [6.45, 7) is 4.13. The lowest BCUT2D eigenvalue weighted by Crippen LogP contribution is -2.54. The fourth-order valence-corrected chi connectivity index (χ4v) is 5.86. The number of hydrogen-bond acceptors (Lipinski definition) is 8. The maximum atomic E-state index is 13.4. The third-order valence-corrected chi connectivity index (χ3v) is 8.71. The first-order valence-electron chi connectivity index (χ1n) is 17.1. The zero-order valence-corrected chi connectivity index (χ0v) is 29.2. The number of nitrogens with one attached hydrogen (secondary N) is 2. The lowest BCUT2D eigenvalue weighted by atomic mass is 9.95. The number of methoxy groups -OCH3 is 1. The zero-order chi connectivity index (χ0) is 36.6. The van der Waals surface area contributed by atoms with E-state index in [0.29, 0.717) is 37.1 Å². The molecule has 3 aromatic carbocycles. The highest BCUT2D eigenvalue weighted by Gasteiger charge is 2.29. The summed E-state index contributed by atoms with van der Waals surface area (Å²) in [6, 6.07) is 22.8. The van der Waals surface area contributed by atoms with Crippen molar-refractivity contribution >= 4 is 35.6 Å². The molecule has 5 rings (SSSR count). The summed E-state index contributed by atoms with van der Waals surface area (Å²) in [5.74, 6) is 0.0844. The highest BCUT2D eigenvalue weighted by atomic mass is 16.5. The summed E-state index contributed by atoms with van der Waals surface area (Å²) in [5.41, 5.74) is 8.11. The summed E-state index contributed by atoms with van der Waals surface area (Å²) in [5, 5.41) is 5.65. The number of amides is 5. The number of carbonyl (C=O) groups is 5. The van der Waals surface area contributed by atoms with Crippen LogP contribution in [0.4, 0.5) is 15.3 Å². The molecule has 2 aliphatic heterocycles. The van der Waals surface area contributed by atoms with Gasteiger partial charge in [-0.2, -0.15) is 0 Å². The van der Waals surface area contributed by atoms with E-state index in [2.05, 4.69) is 15.4 Å². The molecule has 0 aliphatic carbocycles. The van der Waals surface area contributed by atoms with Gasteiger partial charge in [-0.25, -0.2) is 9.59 Å². The minimum Gasteiger partial charge on any atom is -0.494 e. The Morgan fingerprint density at radius 2 is 1.71 bits per heavy atom. The molecule has 13 heteroatoms. The molecule has 13 nitrogen and oxygen atoms in total. The van der Waals surface area contributed by atoms with Gasteiger partial charge in [0.05, 0.1) is 20.3 Å². The summed E-state index contributed by atoms with van der Waals surface area (Å²) >= 11 is 0. The summed E-state index contributed by atoms with van der Waals surface area (Å²) in [7, 11) is 1.26. The lowest BCUT2D eigenvalue weighted by molar-refractivity contribution is -0.135. The number of fused-ring (bicyclic) bond motifs is 4. The Labute approximate surface area is 298 Å². The monoisotopic (exact) mass is 701 g/mol. The minimum absolute atomic E-state index is 0.0482. The second-order valence-corrected chi connectivity index (χ2v) is 12.4. The van der Waals surface area contributed by atoms with Crippen molar-refractivity contribution in [2.75, 3.05) is 38.3 Å². The predicted octanol–water partition coefficient (Wildman–Crippen LogP) is 4.45. The van der Waals surface area contributed by atoms with Crippen LogP contribution >= 0.6 is 0 Å². The molecule has 2 heterocycles. The normalized spacial score (nSPS) is 18.2. The molecule has 4 N–H and O–H groups in total. The minimum atomic E-state index is -1.08. The van der Waals surface area contributed by atoms with E-state index in [0.717, 1.165) is 36.0 Å². The zero-order valence-electron chi connectivity index (χ0n) is 29.2. The van der Waals surface area contributed by atoms with Crippen molar-refractivity contribution in [2.45, 2.75) is 58.2 Å². The van der Waals surface area contributed by atoms with Gasteiger partial charge in [-0.3, -0.25) is 19.3 Å². The molecule has 3 aromatic rings. The van der Waals surface area contributed by atoms with Gasteiger partial charge in [0.15, 0.2) is 0 Å². The lowest BCUT2D eigenvalue weighted by Gasteiger charge is -2.33. The number of rotatable bonds is 5. The number of carbonyl (C=O) groups excluding carboxylic acids is 5. The highest BCUT2D eigenvalue weighted by Crippen LogP contribution is 2.23. The first-order chi connectivity index (χ1) is 24.6. The number of aryl methyl sites for hydroxylation is 1. The molecule has 4 bridgehead atoms. The number of piperidine rings is 1. The number of hydrogen-bond donors (Lipinski definition) is 3. The van der Waals surface area contributed by atoms with Crippen LogP contribution in [0.1, 0.15) is 48.8 Å². The summed E-state index contributed by atoms with van der Waals surface area (Å²) < 4.78 is 15.6. The second kappa shape index (κ2) is 19.6. The van der Waals surface area contributed by atoms with E-state index in [1.807, 2.05) is 66.4 Å². The molecule has 0 aromatic heterocycles. The molecular weight excluding hydrogens is 654 g/mol. The van der Waals surface area contributed by atoms with E-state index < -0.39 is 30.0 Å². The smallest absolute Gasteiger partial charge is 0.414 e. The van der Waals surface area contributed by atoms with Crippen molar-refractivity contribution < 1.29 is 38.2 Å². The average Bonchev–Trinajstić information content (AvgIpc) is 3.15. The molecule has 2 aliphatic rings.